The van der Waals surface area contributed by atoms with Gasteiger partial charge in [-0.1, -0.05) is 30.3 Å². The second kappa shape index (κ2) is 11.5. The molecule has 0 saturated heterocycles. The molecule has 0 amide bonds. The van der Waals surface area contributed by atoms with Crippen LogP contribution in [0, 0.1) is 0 Å². The van der Waals surface area contributed by atoms with Gasteiger partial charge in [0.05, 0.1) is 13.2 Å². The molecule has 0 fully saturated rings. The van der Waals surface area contributed by atoms with E-state index in [0.717, 1.165) is 10.8 Å². The average molecular weight is 428 g/mol. The summed E-state index contributed by atoms with van der Waals surface area (Å²) < 4.78 is 27.8. The first kappa shape index (κ1) is 22.8. The van der Waals surface area contributed by atoms with Crippen LogP contribution in [0.2, 0.25) is 0 Å². The summed E-state index contributed by atoms with van der Waals surface area (Å²) in [6.45, 7) is 0.477. The molecule has 0 spiro atoms. The van der Waals surface area contributed by atoms with Gasteiger partial charge < -0.3 is 33.9 Å². The van der Waals surface area contributed by atoms with Crippen LogP contribution >= 0.6 is 0 Å². The molecule has 7 nitrogen and oxygen atoms in total. The van der Waals surface area contributed by atoms with Crippen LogP contribution in [0.4, 0.5) is 0 Å². The Hall–Kier alpha value is -2.84. The van der Waals surface area contributed by atoms with E-state index >= 15 is 0 Å². The number of ether oxygens (including phenoxy) is 5. The lowest BCUT2D eigenvalue weighted by molar-refractivity contribution is 0.0322. The summed E-state index contributed by atoms with van der Waals surface area (Å²) in [5.41, 5.74) is 0. The van der Waals surface area contributed by atoms with E-state index in [1.807, 2.05) is 54.6 Å². The molecule has 3 rings (SSSR count). The number of hydrogen-bond acceptors (Lipinski definition) is 7. The van der Waals surface area contributed by atoms with Gasteiger partial charge in [0.1, 0.15) is 36.9 Å². The molecule has 7 heteroatoms. The fraction of sp³-hybridized carbons (Fsp3) is 0.333. The van der Waals surface area contributed by atoms with E-state index in [1.54, 1.807) is 6.07 Å². The Bertz CT molecular complexity index is 945. The maximum atomic E-state index is 10.1. The Morgan fingerprint density at radius 1 is 0.645 bits per heavy atom. The highest BCUT2D eigenvalue weighted by molar-refractivity contribution is 5.95. The minimum absolute atomic E-state index is 0.0374. The summed E-state index contributed by atoms with van der Waals surface area (Å²) in [6, 6.07) is 18.6. The molecular weight excluding hydrogens is 400 g/mol. The van der Waals surface area contributed by atoms with Gasteiger partial charge in [-0.05, 0) is 30.3 Å². The van der Waals surface area contributed by atoms with Crippen LogP contribution in [-0.4, -0.2) is 63.1 Å². The molecule has 3 aromatic rings. The lowest BCUT2D eigenvalue weighted by Gasteiger charge is -2.19. The van der Waals surface area contributed by atoms with Crippen molar-refractivity contribution in [2.24, 2.45) is 0 Å². The van der Waals surface area contributed by atoms with Crippen LogP contribution in [0.1, 0.15) is 0 Å². The fourth-order valence-corrected chi connectivity index (χ4v) is 3.10. The standard InChI is InChI=1S/C24H28O7/c1-27-13-17(25)15-29-22-10-6-9-21-20(22)11-12-23(31-19-7-4-3-5-8-19)24(21)30-16-18(26)14-28-2/h3-12,17-18,25-26H,13-16H2,1-2H3. The lowest BCUT2D eigenvalue weighted by atomic mass is 10.1. The van der Waals surface area contributed by atoms with Crippen molar-refractivity contribution in [3.63, 3.8) is 0 Å². The third-order valence-corrected chi connectivity index (χ3v) is 4.48. The first-order valence-corrected chi connectivity index (χ1v) is 10.0. The molecule has 0 saturated carbocycles. The zero-order valence-corrected chi connectivity index (χ0v) is 17.7. The zero-order chi connectivity index (χ0) is 22.1. The molecule has 0 bridgehead atoms. The van der Waals surface area contributed by atoms with Gasteiger partial charge in [0, 0.05) is 25.0 Å². The number of rotatable bonds is 12. The molecule has 2 N–H and O–H groups in total. The topological polar surface area (TPSA) is 86.6 Å². The van der Waals surface area contributed by atoms with Crippen molar-refractivity contribution in [1.29, 1.82) is 0 Å². The summed E-state index contributed by atoms with van der Waals surface area (Å²) in [5.74, 6) is 2.26. The predicted molar refractivity (Wildman–Crippen MR) is 117 cm³/mol. The van der Waals surface area contributed by atoms with Gasteiger partial charge in [-0.3, -0.25) is 0 Å². The van der Waals surface area contributed by atoms with Crippen molar-refractivity contribution in [3.05, 3.63) is 60.7 Å². The molecule has 2 unspecified atom stereocenters. The number of methoxy groups -OCH3 is 2. The molecule has 0 aliphatic heterocycles. The largest absolute Gasteiger partial charge is 0.490 e. The fourth-order valence-electron chi connectivity index (χ4n) is 3.10. The maximum absolute atomic E-state index is 10.1. The zero-order valence-electron chi connectivity index (χ0n) is 17.7. The molecular formula is C24H28O7. The van der Waals surface area contributed by atoms with Crippen molar-refractivity contribution in [2.75, 3.05) is 40.6 Å². The Balaban J connectivity index is 1.93. The quantitative estimate of drug-likeness (QED) is 0.457. The van der Waals surface area contributed by atoms with Crippen LogP contribution in [0.3, 0.4) is 0 Å². The number of fused-ring (bicyclic) bond motifs is 1. The Labute approximate surface area is 181 Å². The van der Waals surface area contributed by atoms with Gasteiger partial charge in [-0.15, -0.1) is 0 Å². The number of aliphatic hydroxyl groups is 2. The molecule has 31 heavy (non-hydrogen) atoms. The van der Waals surface area contributed by atoms with E-state index in [-0.39, 0.29) is 26.4 Å². The third kappa shape index (κ3) is 6.32. The first-order chi connectivity index (χ1) is 15.1. The summed E-state index contributed by atoms with van der Waals surface area (Å²) >= 11 is 0. The number of hydrogen-bond donors (Lipinski definition) is 2. The summed E-state index contributed by atoms with van der Waals surface area (Å²) in [4.78, 5) is 0. The molecule has 0 heterocycles. The van der Waals surface area contributed by atoms with Crippen LogP contribution in [0.15, 0.2) is 60.7 Å². The van der Waals surface area contributed by atoms with Crippen molar-refractivity contribution in [1.82, 2.24) is 0 Å². The van der Waals surface area contributed by atoms with E-state index in [9.17, 15) is 10.2 Å². The summed E-state index contributed by atoms with van der Waals surface area (Å²) in [6.07, 6.45) is -1.52. The Morgan fingerprint density at radius 2 is 1.32 bits per heavy atom. The molecule has 0 aromatic heterocycles. The SMILES string of the molecule is COCC(O)COc1cccc2c(OCC(O)COC)c(Oc3ccccc3)ccc12. The van der Waals surface area contributed by atoms with Crippen LogP contribution in [-0.2, 0) is 9.47 Å². The molecule has 2 atom stereocenters. The van der Waals surface area contributed by atoms with Gasteiger partial charge in [0.25, 0.3) is 0 Å². The third-order valence-electron chi connectivity index (χ3n) is 4.48. The van der Waals surface area contributed by atoms with E-state index in [1.165, 1.54) is 14.2 Å². The van der Waals surface area contributed by atoms with Gasteiger partial charge >= 0.3 is 0 Å². The minimum atomic E-state index is -0.784. The number of aliphatic hydroxyl groups excluding tert-OH is 2. The normalized spacial score (nSPS) is 13.0. The highest BCUT2D eigenvalue weighted by Gasteiger charge is 2.16. The van der Waals surface area contributed by atoms with Crippen molar-refractivity contribution >= 4 is 10.8 Å². The monoisotopic (exact) mass is 428 g/mol. The molecule has 0 aliphatic rings. The average Bonchev–Trinajstić information content (AvgIpc) is 2.78. The smallest absolute Gasteiger partial charge is 0.169 e. The molecule has 0 radical (unpaired) electrons. The van der Waals surface area contributed by atoms with Gasteiger partial charge in [-0.2, -0.15) is 0 Å². The van der Waals surface area contributed by atoms with Crippen molar-refractivity contribution < 1.29 is 33.9 Å². The Morgan fingerprint density at radius 3 is 2.00 bits per heavy atom. The lowest BCUT2D eigenvalue weighted by Crippen LogP contribution is -2.23. The molecule has 0 aliphatic carbocycles. The van der Waals surface area contributed by atoms with Crippen LogP contribution in [0.25, 0.3) is 10.8 Å². The molecule has 166 valence electrons. The summed E-state index contributed by atoms with van der Waals surface area (Å²) in [7, 11) is 3.05. The highest BCUT2D eigenvalue weighted by atomic mass is 16.5. The van der Waals surface area contributed by atoms with Gasteiger partial charge in [-0.25, -0.2) is 0 Å². The van der Waals surface area contributed by atoms with Crippen molar-refractivity contribution in [3.8, 4) is 23.0 Å². The minimum Gasteiger partial charge on any atom is -0.490 e. The van der Waals surface area contributed by atoms with E-state index in [0.29, 0.717) is 23.0 Å². The summed E-state index contributed by atoms with van der Waals surface area (Å²) in [5, 5.41) is 21.5. The predicted octanol–water partition coefficient (Wildman–Crippen LogP) is 3.40. The van der Waals surface area contributed by atoms with Crippen LogP contribution < -0.4 is 14.2 Å². The van der Waals surface area contributed by atoms with Crippen LogP contribution in [0.5, 0.6) is 23.0 Å². The maximum Gasteiger partial charge on any atom is 0.169 e. The van der Waals surface area contributed by atoms with Crippen molar-refractivity contribution in [2.45, 2.75) is 12.2 Å². The number of para-hydroxylation sites is 1. The van der Waals surface area contributed by atoms with Gasteiger partial charge in [0.15, 0.2) is 11.5 Å². The first-order valence-electron chi connectivity index (χ1n) is 10.0. The second-order valence-electron chi connectivity index (χ2n) is 7.00. The highest BCUT2D eigenvalue weighted by Crippen LogP contribution is 2.41. The van der Waals surface area contributed by atoms with E-state index in [4.69, 9.17) is 23.7 Å². The van der Waals surface area contributed by atoms with Gasteiger partial charge in [0.2, 0.25) is 0 Å². The second-order valence-corrected chi connectivity index (χ2v) is 7.00. The van der Waals surface area contributed by atoms with E-state index < -0.39 is 12.2 Å². The molecule has 3 aromatic carbocycles. The Kier molecular flexibility index (Phi) is 8.49. The van der Waals surface area contributed by atoms with E-state index in [2.05, 4.69) is 0 Å². The number of benzene rings is 3.